The van der Waals surface area contributed by atoms with Crippen molar-refractivity contribution < 1.29 is 19.4 Å². The first-order valence-electron chi connectivity index (χ1n) is 11.3. The summed E-state index contributed by atoms with van der Waals surface area (Å²) >= 11 is 0. The summed E-state index contributed by atoms with van der Waals surface area (Å²) in [4.78, 5) is 31.4. The van der Waals surface area contributed by atoms with Gasteiger partial charge in [0.1, 0.15) is 18.4 Å². The molecule has 0 spiro atoms. The summed E-state index contributed by atoms with van der Waals surface area (Å²) in [5, 5.41) is 13.7. The van der Waals surface area contributed by atoms with E-state index in [4.69, 9.17) is 4.74 Å². The third-order valence-electron chi connectivity index (χ3n) is 5.98. The molecule has 0 unspecified atom stereocenters. The molecule has 174 valence electrons. The minimum Gasteiger partial charge on any atom is -0.489 e. The number of carboxylic acid groups (broad SMARTS) is 1. The van der Waals surface area contributed by atoms with E-state index < -0.39 is 12.0 Å². The number of aromatic amines is 1. The highest BCUT2D eigenvalue weighted by molar-refractivity contribution is 5.90. The van der Waals surface area contributed by atoms with Crippen LogP contribution in [0.3, 0.4) is 0 Å². The Morgan fingerprint density at radius 3 is 2.58 bits per heavy atom. The predicted octanol–water partition coefficient (Wildman–Crippen LogP) is 2.63. The second kappa shape index (κ2) is 10.5. The van der Waals surface area contributed by atoms with Crippen LogP contribution in [0.5, 0.6) is 5.75 Å². The van der Waals surface area contributed by atoms with Crippen LogP contribution >= 0.6 is 0 Å². The minimum absolute atomic E-state index is 0.00245. The van der Waals surface area contributed by atoms with Crippen molar-refractivity contribution in [3.05, 3.63) is 65.9 Å². The lowest BCUT2D eigenvalue weighted by Crippen LogP contribution is -2.51. The Morgan fingerprint density at radius 2 is 1.88 bits per heavy atom. The monoisotopic (exact) mass is 450 g/mol. The van der Waals surface area contributed by atoms with Crippen molar-refractivity contribution >= 4 is 22.8 Å². The summed E-state index contributed by atoms with van der Waals surface area (Å²) in [5.41, 5.74) is 2.67. The number of nitrogens with zero attached hydrogens (tertiary/aromatic N) is 2. The summed E-state index contributed by atoms with van der Waals surface area (Å²) in [6.45, 7) is 5.80. The quantitative estimate of drug-likeness (QED) is 0.464. The smallest absolute Gasteiger partial charge is 0.325 e. The third-order valence-corrected chi connectivity index (χ3v) is 5.98. The molecule has 0 saturated carbocycles. The van der Waals surface area contributed by atoms with Crippen molar-refractivity contribution in [1.82, 2.24) is 20.1 Å². The fourth-order valence-corrected chi connectivity index (χ4v) is 4.31. The summed E-state index contributed by atoms with van der Waals surface area (Å²) in [7, 11) is 0. The van der Waals surface area contributed by atoms with Gasteiger partial charge in [0.2, 0.25) is 5.91 Å². The van der Waals surface area contributed by atoms with Gasteiger partial charge < -0.3 is 20.1 Å². The summed E-state index contributed by atoms with van der Waals surface area (Å²) in [6, 6.07) is 14.9. The molecule has 1 aromatic heterocycles. The number of rotatable bonds is 9. The van der Waals surface area contributed by atoms with Gasteiger partial charge in [-0.25, -0.2) is 0 Å². The number of ether oxygens (including phenoxy) is 1. The number of benzene rings is 2. The first-order chi connectivity index (χ1) is 16.0. The highest BCUT2D eigenvalue weighted by Crippen LogP contribution is 2.31. The Bertz CT molecular complexity index is 1090. The zero-order chi connectivity index (χ0) is 23.2. The number of piperazine rings is 1. The zero-order valence-corrected chi connectivity index (χ0v) is 18.8. The topological polar surface area (TPSA) is 97.9 Å². The van der Waals surface area contributed by atoms with Crippen LogP contribution in [0.25, 0.3) is 10.9 Å². The Labute approximate surface area is 193 Å². The van der Waals surface area contributed by atoms with E-state index >= 15 is 0 Å². The molecule has 3 N–H and O–H groups in total. The van der Waals surface area contributed by atoms with Crippen molar-refractivity contribution in [1.29, 1.82) is 0 Å². The van der Waals surface area contributed by atoms with Crippen LogP contribution in [0.1, 0.15) is 24.1 Å². The first kappa shape index (κ1) is 22.8. The molecular formula is C25H30N4O4. The number of carbonyl (C=O) groups is 2. The number of fused-ring (bicyclic) bond motifs is 1. The Kier molecular flexibility index (Phi) is 7.26. The maximum atomic E-state index is 12.3. The van der Waals surface area contributed by atoms with Crippen LogP contribution in [0.2, 0.25) is 0 Å². The highest BCUT2D eigenvalue weighted by atomic mass is 16.5. The van der Waals surface area contributed by atoms with Crippen LogP contribution in [0.15, 0.2) is 54.7 Å². The van der Waals surface area contributed by atoms with Crippen LogP contribution < -0.4 is 10.1 Å². The summed E-state index contributed by atoms with van der Waals surface area (Å²) in [5.74, 6) is -0.147. The van der Waals surface area contributed by atoms with Gasteiger partial charge >= 0.3 is 5.97 Å². The van der Waals surface area contributed by atoms with E-state index in [1.165, 1.54) is 0 Å². The second-order valence-corrected chi connectivity index (χ2v) is 8.23. The van der Waals surface area contributed by atoms with E-state index in [1.807, 2.05) is 60.4 Å². The van der Waals surface area contributed by atoms with E-state index in [0.717, 1.165) is 27.8 Å². The number of aromatic nitrogens is 1. The molecule has 1 fully saturated rings. The number of carboxylic acids is 1. The number of hydrogen-bond donors (Lipinski definition) is 3. The van der Waals surface area contributed by atoms with Crippen LogP contribution in [-0.2, 0) is 16.2 Å². The Morgan fingerprint density at radius 1 is 1.12 bits per heavy atom. The molecular weight excluding hydrogens is 420 g/mol. The molecule has 1 aliphatic rings. The standard InChI is InChI=1S/C25H30N4O4/c1-2-26-23(30)16-28-10-12-29(13-11-28)24(25(31)32)21-15-27-22-14-19(8-9-20(21)22)33-17-18-6-4-3-5-7-18/h3-9,14-15,24,27H,2,10-13,16-17H2,1H3,(H,26,30)(H,31,32)/t24-/m0/s1. The third kappa shape index (κ3) is 5.53. The van der Waals surface area contributed by atoms with Gasteiger partial charge in [0.15, 0.2) is 0 Å². The first-order valence-corrected chi connectivity index (χ1v) is 11.3. The average molecular weight is 451 g/mol. The van der Waals surface area contributed by atoms with Gasteiger partial charge in [-0.3, -0.25) is 19.4 Å². The molecule has 33 heavy (non-hydrogen) atoms. The largest absolute Gasteiger partial charge is 0.489 e. The molecule has 1 saturated heterocycles. The van der Waals surface area contributed by atoms with Crippen LogP contribution in [-0.4, -0.2) is 71.0 Å². The molecule has 0 radical (unpaired) electrons. The molecule has 1 aliphatic heterocycles. The normalized spacial score (nSPS) is 15.9. The Hall–Kier alpha value is -3.36. The van der Waals surface area contributed by atoms with Crippen LogP contribution in [0, 0.1) is 0 Å². The van der Waals surface area contributed by atoms with E-state index in [0.29, 0.717) is 45.9 Å². The predicted molar refractivity (Wildman–Crippen MR) is 126 cm³/mol. The van der Waals surface area contributed by atoms with Crippen molar-refractivity contribution in [3.8, 4) is 5.75 Å². The molecule has 3 aromatic rings. The number of likely N-dealkylation sites (N-methyl/N-ethyl adjacent to an activating group) is 1. The van der Waals surface area contributed by atoms with E-state index in [-0.39, 0.29) is 5.91 Å². The number of carbonyl (C=O) groups excluding carboxylic acids is 1. The van der Waals surface area contributed by atoms with Crippen molar-refractivity contribution in [2.45, 2.75) is 19.6 Å². The molecule has 0 aliphatic carbocycles. The van der Waals surface area contributed by atoms with Crippen molar-refractivity contribution in [2.75, 3.05) is 39.3 Å². The van der Waals surface area contributed by atoms with E-state index in [2.05, 4.69) is 15.2 Å². The zero-order valence-electron chi connectivity index (χ0n) is 18.8. The lowest BCUT2D eigenvalue weighted by Gasteiger charge is -2.37. The van der Waals surface area contributed by atoms with E-state index in [9.17, 15) is 14.7 Å². The number of H-pyrrole nitrogens is 1. The average Bonchev–Trinajstić information content (AvgIpc) is 3.22. The van der Waals surface area contributed by atoms with Gasteiger partial charge in [-0.1, -0.05) is 30.3 Å². The summed E-state index contributed by atoms with van der Waals surface area (Å²) < 4.78 is 5.91. The second-order valence-electron chi connectivity index (χ2n) is 8.23. The molecule has 0 bridgehead atoms. The fraction of sp³-hybridized carbons (Fsp3) is 0.360. The van der Waals surface area contributed by atoms with Gasteiger partial charge in [-0.2, -0.15) is 0 Å². The van der Waals surface area contributed by atoms with Gasteiger partial charge in [0.25, 0.3) is 0 Å². The van der Waals surface area contributed by atoms with Gasteiger partial charge in [0.05, 0.1) is 6.54 Å². The number of amides is 1. The molecule has 8 heteroatoms. The SMILES string of the molecule is CCNC(=O)CN1CCN([C@H](C(=O)O)c2c[nH]c3cc(OCc4ccccc4)ccc23)CC1. The fourth-order valence-electron chi connectivity index (χ4n) is 4.31. The molecule has 2 heterocycles. The van der Waals surface area contributed by atoms with Gasteiger partial charge in [-0.15, -0.1) is 0 Å². The van der Waals surface area contributed by atoms with Crippen LogP contribution in [0.4, 0.5) is 0 Å². The molecule has 4 rings (SSSR count). The molecule has 2 aromatic carbocycles. The van der Waals surface area contributed by atoms with E-state index in [1.54, 1.807) is 6.20 Å². The lowest BCUT2D eigenvalue weighted by atomic mass is 10.0. The van der Waals surface area contributed by atoms with Gasteiger partial charge in [-0.05, 0) is 24.6 Å². The highest BCUT2D eigenvalue weighted by Gasteiger charge is 2.32. The van der Waals surface area contributed by atoms with Gasteiger partial charge in [0, 0.05) is 61.5 Å². The van der Waals surface area contributed by atoms with Crippen molar-refractivity contribution in [2.24, 2.45) is 0 Å². The maximum absolute atomic E-state index is 12.3. The maximum Gasteiger partial charge on any atom is 0.325 e. The number of hydrogen-bond acceptors (Lipinski definition) is 5. The number of aliphatic carboxylic acids is 1. The molecule has 1 amide bonds. The number of nitrogens with one attached hydrogen (secondary N) is 2. The Balaban J connectivity index is 1.44. The molecule has 8 nitrogen and oxygen atoms in total. The lowest BCUT2D eigenvalue weighted by molar-refractivity contribution is -0.144. The molecule has 1 atom stereocenters. The summed E-state index contributed by atoms with van der Waals surface area (Å²) in [6.07, 6.45) is 1.78. The van der Waals surface area contributed by atoms with Crippen molar-refractivity contribution in [3.63, 3.8) is 0 Å². The minimum atomic E-state index is -0.877.